The van der Waals surface area contributed by atoms with E-state index in [1.54, 1.807) is 0 Å². The molecule has 1 aromatic carbocycles. The summed E-state index contributed by atoms with van der Waals surface area (Å²) < 4.78 is 5.44. The van der Waals surface area contributed by atoms with Gasteiger partial charge in [-0.25, -0.2) is 0 Å². The van der Waals surface area contributed by atoms with Crippen LogP contribution in [0.4, 0.5) is 0 Å². The Labute approximate surface area is 123 Å². The van der Waals surface area contributed by atoms with Crippen LogP contribution in [0.15, 0.2) is 28.8 Å². The molecule has 1 N–H and O–H groups in total. The molecule has 106 valence electrons. The van der Waals surface area contributed by atoms with Crippen LogP contribution in [0, 0.1) is 0 Å². The number of nitrogens with zero attached hydrogens (tertiary/aromatic N) is 2. The van der Waals surface area contributed by atoms with Crippen molar-refractivity contribution in [2.45, 2.75) is 37.6 Å². The molecule has 0 saturated heterocycles. The summed E-state index contributed by atoms with van der Waals surface area (Å²) in [6.07, 6.45) is 4.50. The van der Waals surface area contributed by atoms with E-state index >= 15 is 0 Å². The Morgan fingerprint density at radius 3 is 2.65 bits per heavy atom. The second-order valence-electron chi connectivity index (χ2n) is 5.27. The molecule has 3 rings (SSSR count). The summed E-state index contributed by atoms with van der Waals surface area (Å²) in [7, 11) is 2.02. The van der Waals surface area contributed by atoms with Crippen LogP contribution in [-0.4, -0.2) is 23.2 Å². The molecule has 2 aromatic rings. The zero-order valence-corrected chi connectivity index (χ0v) is 12.2. The van der Waals surface area contributed by atoms with Crippen LogP contribution in [0.5, 0.6) is 0 Å². The number of nitrogens with one attached hydrogen (secondary N) is 1. The number of aromatic nitrogens is 2. The molecular formula is C15H18ClN3O. The first-order chi connectivity index (χ1) is 9.78. The van der Waals surface area contributed by atoms with Gasteiger partial charge in [0.2, 0.25) is 11.7 Å². The average Bonchev–Trinajstić information content (AvgIpc) is 2.97. The number of hydrogen-bond acceptors (Lipinski definition) is 4. The predicted molar refractivity (Wildman–Crippen MR) is 78.8 cm³/mol. The molecule has 0 spiro atoms. The predicted octanol–water partition coefficient (Wildman–Crippen LogP) is 3.64. The Morgan fingerprint density at radius 2 is 1.95 bits per heavy atom. The Morgan fingerprint density at radius 1 is 1.20 bits per heavy atom. The van der Waals surface area contributed by atoms with Gasteiger partial charge < -0.3 is 9.84 Å². The van der Waals surface area contributed by atoms with Crippen molar-refractivity contribution in [3.8, 4) is 11.4 Å². The maximum atomic E-state index is 6.16. The third kappa shape index (κ3) is 2.72. The van der Waals surface area contributed by atoms with E-state index < -0.39 is 0 Å². The monoisotopic (exact) mass is 291 g/mol. The van der Waals surface area contributed by atoms with Gasteiger partial charge in [0.15, 0.2) is 0 Å². The van der Waals surface area contributed by atoms with Crippen molar-refractivity contribution in [3.05, 3.63) is 35.2 Å². The van der Waals surface area contributed by atoms with E-state index in [0.29, 0.717) is 22.8 Å². The fourth-order valence-corrected chi connectivity index (χ4v) is 3.00. The standard InChI is InChI=1S/C15H18ClN3O/c1-17-11-8-6-10(7-9-11)15-18-14(19-20-15)12-4-2-3-5-13(12)16/h2-5,10-11,17H,6-9H2,1H3. The van der Waals surface area contributed by atoms with Crippen molar-refractivity contribution in [3.63, 3.8) is 0 Å². The number of benzene rings is 1. The van der Waals surface area contributed by atoms with Crippen molar-refractivity contribution in [2.75, 3.05) is 7.05 Å². The molecule has 5 heteroatoms. The SMILES string of the molecule is CNC1CCC(c2nc(-c3ccccc3Cl)no2)CC1. The number of rotatable bonds is 3. The minimum absolute atomic E-state index is 0.378. The summed E-state index contributed by atoms with van der Waals surface area (Å²) in [5.74, 6) is 1.71. The minimum Gasteiger partial charge on any atom is -0.339 e. The lowest BCUT2D eigenvalue weighted by Crippen LogP contribution is -2.29. The highest BCUT2D eigenvalue weighted by atomic mass is 35.5. The normalized spacial score (nSPS) is 22.9. The van der Waals surface area contributed by atoms with Crippen LogP contribution in [-0.2, 0) is 0 Å². The molecule has 0 aliphatic heterocycles. The zero-order chi connectivity index (χ0) is 13.9. The second-order valence-corrected chi connectivity index (χ2v) is 5.68. The smallest absolute Gasteiger partial charge is 0.230 e. The molecule has 1 heterocycles. The van der Waals surface area contributed by atoms with E-state index in [2.05, 4.69) is 15.5 Å². The highest BCUT2D eigenvalue weighted by molar-refractivity contribution is 6.33. The van der Waals surface area contributed by atoms with Gasteiger partial charge in [-0.05, 0) is 44.9 Å². The summed E-state index contributed by atoms with van der Waals surface area (Å²) in [6, 6.07) is 8.19. The van der Waals surface area contributed by atoms with E-state index in [1.165, 1.54) is 0 Å². The number of halogens is 1. The van der Waals surface area contributed by atoms with E-state index in [-0.39, 0.29) is 0 Å². The van der Waals surface area contributed by atoms with Gasteiger partial charge in [-0.15, -0.1) is 0 Å². The van der Waals surface area contributed by atoms with Crippen LogP contribution >= 0.6 is 11.6 Å². The Balaban J connectivity index is 1.76. The molecule has 1 saturated carbocycles. The van der Waals surface area contributed by atoms with E-state index in [0.717, 1.165) is 37.1 Å². The molecule has 20 heavy (non-hydrogen) atoms. The van der Waals surface area contributed by atoms with Crippen LogP contribution in [0.25, 0.3) is 11.4 Å². The van der Waals surface area contributed by atoms with Crippen molar-refractivity contribution in [1.29, 1.82) is 0 Å². The molecule has 1 aliphatic carbocycles. The molecule has 0 radical (unpaired) electrons. The van der Waals surface area contributed by atoms with Crippen molar-refractivity contribution in [2.24, 2.45) is 0 Å². The summed E-state index contributed by atoms with van der Waals surface area (Å²) in [4.78, 5) is 4.53. The maximum Gasteiger partial charge on any atom is 0.230 e. The van der Waals surface area contributed by atoms with Crippen LogP contribution in [0.1, 0.15) is 37.5 Å². The molecule has 0 amide bonds. The van der Waals surface area contributed by atoms with Gasteiger partial charge in [-0.3, -0.25) is 0 Å². The van der Waals surface area contributed by atoms with Crippen LogP contribution in [0.2, 0.25) is 5.02 Å². The lowest BCUT2D eigenvalue weighted by atomic mass is 9.86. The second kappa shape index (κ2) is 5.94. The highest BCUT2D eigenvalue weighted by Gasteiger charge is 2.26. The van der Waals surface area contributed by atoms with E-state index in [4.69, 9.17) is 16.1 Å². The molecule has 1 aliphatic rings. The molecule has 0 unspecified atom stereocenters. The molecule has 1 aromatic heterocycles. The van der Waals surface area contributed by atoms with Gasteiger partial charge >= 0.3 is 0 Å². The van der Waals surface area contributed by atoms with E-state index in [9.17, 15) is 0 Å². The third-order valence-corrected chi connectivity index (χ3v) is 4.37. The van der Waals surface area contributed by atoms with Gasteiger partial charge in [0.05, 0.1) is 5.02 Å². The molecule has 0 atom stereocenters. The maximum absolute atomic E-state index is 6.16. The topological polar surface area (TPSA) is 51.0 Å². The van der Waals surface area contributed by atoms with Crippen molar-refractivity contribution >= 4 is 11.6 Å². The Bertz CT molecular complexity index is 576. The first-order valence-electron chi connectivity index (χ1n) is 7.03. The zero-order valence-electron chi connectivity index (χ0n) is 11.5. The summed E-state index contributed by atoms with van der Waals surface area (Å²) in [5.41, 5.74) is 0.827. The first kappa shape index (κ1) is 13.6. The van der Waals surface area contributed by atoms with Gasteiger partial charge in [-0.1, -0.05) is 28.9 Å². The van der Waals surface area contributed by atoms with Gasteiger partial charge in [-0.2, -0.15) is 4.98 Å². The van der Waals surface area contributed by atoms with Crippen molar-refractivity contribution < 1.29 is 4.52 Å². The third-order valence-electron chi connectivity index (χ3n) is 4.04. The van der Waals surface area contributed by atoms with E-state index in [1.807, 2.05) is 31.3 Å². The van der Waals surface area contributed by atoms with Gasteiger partial charge in [0.1, 0.15) is 0 Å². The van der Waals surface area contributed by atoms with Crippen LogP contribution < -0.4 is 5.32 Å². The summed E-state index contributed by atoms with van der Waals surface area (Å²) in [5, 5.41) is 8.06. The quantitative estimate of drug-likeness (QED) is 0.938. The highest BCUT2D eigenvalue weighted by Crippen LogP contribution is 2.33. The fourth-order valence-electron chi connectivity index (χ4n) is 2.78. The molecular weight excluding hydrogens is 274 g/mol. The van der Waals surface area contributed by atoms with Crippen LogP contribution in [0.3, 0.4) is 0 Å². The summed E-state index contributed by atoms with van der Waals surface area (Å²) in [6.45, 7) is 0. The lowest BCUT2D eigenvalue weighted by Gasteiger charge is -2.25. The molecule has 0 bridgehead atoms. The molecule has 1 fully saturated rings. The number of hydrogen-bond donors (Lipinski definition) is 1. The molecule has 4 nitrogen and oxygen atoms in total. The average molecular weight is 292 g/mol. The van der Waals surface area contributed by atoms with Gasteiger partial charge in [0, 0.05) is 17.5 Å². The lowest BCUT2D eigenvalue weighted by molar-refractivity contribution is 0.289. The Kier molecular flexibility index (Phi) is 4.03. The largest absolute Gasteiger partial charge is 0.339 e. The Hall–Kier alpha value is -1.39. The summed E-state index contributed by atoms with van der Waals surface area (Å²) >= 11 is 6.16. The minimum atomic E-state index is 0.378. The fraction of sp³-hybridized carbons (Fsp3) is 0.467. The first-order valence-corrected chi connectivity index (χ1v) is 7.41. The van der Waals surface area contributed by atoms with Gasteiger partial charge in [0.25, 0.3) is 0 Å². The van der Waals surface area contributed by atoms with Crippen molar-refractivity contribution in [1.82, 2.24) is 15.5 Å².